The molecule has 0 saturated heterocycles. The van der Waals surface area contributed by atoms with Gasteiger partial charge < -0.3 is 10.0 Å². The molecule has 0 aromatic heterocycles. The van der Waals surface area contributed by atoms with Crippen molar-refractivity contribution in [3.63, 3.8) is 0 Å². The van der Waals surface area contributed by atoms with Gasteiger partial charge in [-0.15, -0.1) is 0 Å². The third-order valence-electron chi connectivity index (χ3n) is 0.0797. The predicted molar refractivity (Wildman–Crippen MR) is 20.9 cm³/mol. The van der Waals surface area contributed by atoms with Crippen LogP contribution >= 0.6 is 0 Å². The summed E-state index contributed by atoms with van der Waals surface area (Å²) in [6.07, 6.45) is 0. The Morgan fingerprint density at radius 1 is 1.50 bits per heavy atom. The van der Waals surface area contributed by atoms with Crippen molar-refractivity contribution in [1.82, 2.24) is 0 Å². The Labute approximate surface area is 71.5 Å². The minimum absolute atomic E-state index is 0. The average molecular weight is 169 g/mol. The van der Waals surface area contributed by atoms with Gasteiger partial charge in [-0.1, -0.05) is 4.53 Å². The van der Waals surface area contributed by atoms with Gasteiger partial charge in [-0.25, -0.2) is 0 Å². The van der Waals surface area contributed by atoms with E-state index in [2.05, 4.69) is 4.86 Å². The maximum atomic E-state index is 10.1. The second-order valence-electron chi connectivity index (χ2n) is 0.415. The minimum atomic E-state index is -2.28. The van der Waals surface area contributed by atoms with Crippen molar-refractivity contribution in [1.29, 1.82) is 0 Å². The Hall–Kier alpha value is 1.36. The maximum absolute atomic E-state index is 10.1. The topological polar surface area (TPSA) is 49.7 Å². The van der Waals surface area contributed by atoms with E-state index in [9.17, 15) is 4.53 Å². The fraction of sp³-hybridized carbons (Fsp3) is 0. The Morgan fingerprint density at radius 2 is 1.67 bits per heavy atom. The summed E-state index contributed by atoms with van der Waals surface area (Å²) in [6, 6.07) is 0. The SMILES string of the molecule is OB(O)OF.[SrH2]. The third kappa shape index (κ3) is 9.02. The second kappa shape index (κ2) is 6.36. The van der Waals surface area contributed by atoms with Gasteiger partial charge in [0, 0.05) is 0 Å². The monoisotopic (exact) mass is 170 g/mol. The molecule has 0 atom stereocenters. The van der Waals surface area contributed by atoms with Gasteiger partial charge >= 0.3 is 52.8 Å². The molecule has 0 aliphatic carbocycles. The molecule has 0 aliphatic heterocycles. The Morgan fingerprint density at radius 3 is 1.67 bits per heavy atom. The Bertz CT molecular complexity index is 24.8. The van der Waals surface area contributed by atoms with Gasteiger partial charge in [0.2, 0.25) is 0 Å². The van der Waals surface area contributed by atoms with Gasteiger partial charge in [-0.05, 0) is 0 Å². The van der Waals surface area contributed by atoms with Crippen LogP contribution in [0.15, 0.2) is 0 Å². The molecular weight excluding hydrogens is 165 g/mol. The van der Waals surface area contributed by atoms with Crippen molar-refractivity contribution < 1.29 is 19.4 Å². The fourth-order valence-electron chi connectivity index (χ4n) is 0. The zero-order valence-corrected chi connectivity index (χ0v) is 2.26. The van der Waals surface area contributed by atoms with Gasteiger partial charge in [0.15, 0.2) is 0 Å². The quantitative estimate of drug-likeness (QED) is 0.444. The molecule has 0 aromatic carbocycles. The molecule has 0 rings (SSSR count). The van der Waals surface area contributed by atoms with Crippen LogP contribution in [-0.4, -0.2) is 62.9 Å². The van der Waals surface area contributed by atoms with Crippen molar-refractivity contribution in [2.45, 2.75) is 0 Å². The Balaban J connectivity index is 0. The molecule has 0 saturated carbocycles. The molecule has 0 aromatic rings. The molecule has 3 nitrogen and oxygen atoms in total. The van der Waals surface area contributed by atoms with Gasteiger partial charge in [0.25, 0.3) is 0 Å². The van der Waals surface area contributed by atoms with Crippen LogP contribution in [0.3, 0.4) is 0 Å². The molecular formula is H4BFO3Sr. The van der Waals surface area contributed by atoms with E-state index < -0.39 is 7.32 Å². The molecule has 6 heteroatoms. The van der Waals surface area contributed by atoms with Crippen LogP contribution in [0.1, 0.15) is 0 Å². The van der Waals surface area contributed by atoms with Crippen molar-refractivity contribution in [3.8, 4) is 0 Å². The van der Waals surface area contributed by atoms with Crippen molar-refractivity contribution in [3.05, 3.63) is 0 Å². The number of halogens is 1. The number of rotatable bonds is 1. The van der Waals surface area contributed by atoms with Crippen LogP contribution < -0.4 is 0 Å². The summed E-state index contributed by atoms with van der Waals surface area (Å²) in [6.45, 7) is 0. The third-order valence-corrected chi connectivity index (χ3v) is 0.0797. The summed E-state index contributed by atoms with van der Waals surface area (Å²) in [5.74, 6) is 0. The first-order valence-electron chi connectivity index (χ1n) is 0.906. The normalized spacial score (nSPS) is 6.50. The van der Waals surface area contributed by atoms with E-state index in [0.717, 1.165) is 0 Å². The van der Waals surface area contributed by atoms with Crippen molar-refractivity contribution in [2.24, 2.45) is 0 Å². The first-order chi connectivity index (χ1) is 2.27. The summed E-state index contributed by atoms with van der Waals surface area (Å²) in [7, 11) is -2.28. The van der Waals surface area contributed by atoms with Crippen LogP contribution in [-0.2, 0) is 4.86 Å². The molecule has 0 fully saturated rings. The molecule has 0 heterocycles. The van der Waals surface area contributed by atoms with E-state index in [4.69, 9.17) is 10.0 Å². The summed E-state index contributed by atoms with van der Waals surface area (Å²) < 4.78 is 10.1. The summed E-state index contributed by atoms with van der Waals surface area (Å²) in [5.41, 5.74) is 0. The van der Waals surface area contributed by atoms with E-state index in [1.807, 2.05) is 0 Å². The van der Waals surface area contributed by atoms with E-state index in [1.54, 1.807) is 0 Å². The number of hydrogen-bond acceptors (Lipinski definition) is 3. The summed E-state index contributed by atoms with van der Waals surface area (Å²) in [4.78, 5) is 2.36. The van der Waals surface area contributed by atoms with Crippen LogP contribution in [0.25, 0.3) is 0 Å². The molecule has 0 bridgehead atoms. The van der Waals surface area contributed by atoms with E-state index in [0.29, 0.717) is 0 Å². The van der Waals surface area contributed by atoms with Gasteiger partial charge in [-0.2, -0.15) is 4.86 Å². The fourth-order valence-corrected chi connectivity index (χ4v) is 0. The molecule has 0 unspecified atom stereocenters. The van der Waals surface area contributed by atoms with Gasteiger partial charge in [-0.3, -0.25) is 0 Å². The standard InChI is InChI=1S/BFH2O3.Sr.2H/c2-5-1(3)4;;;/h3-4H;;;. The van der Waals surface area contributed by atoms with E-state index in [-0.39, 0.29) is 45.5 Å². The molecule has 0 amide bonds. The summed E-state index contributed by atoms with van der Waals surface area (Å²) in [5, 5.41) is 14.6. The van der Waals surface area contributed by atoms with Crippen LogP contribution in [0.5, 0.6) is 0 Å². The van der Waals surface area contributed by atoms with Gasteiger partial charge in [0.1, 0.15) is 0 Å². The molecule has 6 heavy (non-hydrogen) atoms. The van der Waals surface area contributed by atoms with E-state index in [1.165, 1.54) is 0 Å². The molecule has 34 valence electrons. The predicted octanol–water partition coefficient (Wildman–Crippen LogP) is -2.06. The summed E-state index contributed by atoms with van der Waals surface area (Å²) >= 11 is 0. The molecule has 0 aliphatic rings. The van der Waals surface area contributed by atoms with Crippen molar-refractivity contribution >= 4 is 52.8 Å². The average Bonchev–Trinajstić information content (AvgIpc) is 1.38. The van der Waals surface area contributed by atoms with Gasteiger partial charge in [0.05, 0.1) is 0 Å². The Kier molecular flexibility index (Phi) is 11.0. The van der Waals surface area contributed by atoms with Crippen LogP contribution in [0, 0.1) is 0 Å². The molecule has 0 radical (unpaired) electrons. The van der Waals surface area contributed by atoms with Crippen molar-refractivity contribution in [2.75, 3.05) is 0 Å². The number of hydrogen-bond donors (Lipinski definition) is 2. The van der Waals surface area contributed by atoms with Crippen LogP contribution in [0.4, 0.5) is 4.53 Å². The second-order valence-corrected chi connectivity index (χ2v) is 0.415. The molecule has 0 spiro atoms. The zero-order valence-electron chi connectivity index (χ0n) is 2.26. The first kappa shape index (κ1) is 10.4. The van der Waals surface area contributed by atoms with E-state index >= 15 is 0 Å². The first-order valence-corrected chi connectivity index (χ1v) is 0.906. The zero-order chi connectivity index (χ0) is 4.28. The van der Waals surface area contributed by atoms with Crippen LogP contribution in [0.2, 0.25) is 0 Å². The molecule has 2 N–H and O–H groups in total.